The zero-order valence-corrected chi connectivity index (χ0v) is 9.37. The summed E-state index contributed by atoms with van der Waals surface area (Å²) in [6, 6.07) is 0. The fourth-order valence-corrected chi connectivity index (χ4v) is 0.781. The second kappa shape index (κ2) is 7.15. The molecular formula is C9H16O7. The fraction of sp³-hybridized carbons (Fsp3) is 0.778. The Morgan fingerprint density at radius 1 is 1.19 bits per heavy atom. The summed E-state index contributed by atoms with van der Waals surface area (Å²) in [5.74, 6) is -2.64. The van der Waals surface area contributed by atoms with Gasteiger partial charge in [-0.1, -0.05) is 6.92 Å². The molecule has 0 spiro atoms. The molecule has 0 aliphatic rings. The zero-order chi connectivity index (χ0) is 12.7. The molecule has 0 aromatic heterocycles. The van der Waals surface area contributed by atoms with E-state index in [2.05, 4.69) is 14.8 Å². The monoisotopic (exact) mass is 236 g/mol. The smallest absolute Gasteiger partial charge is 0.352 e. The van der Waals surface area contributed by atoms with Crippen molar-refractivity contribution in [3.63, 3.8) is 0 Å². The van der Waals surface area contributed by atoms with E-state index in [9.17, 15) is 14.7 Å². The third kappa shape index (κ3) is 5.06. The second-order valence-electron chi connectivity index (χ2n) is 3.30. The maximum atomic E-state index is 11.1. The Hall–Kier alpha value is -1.18. The first-order chi connectivity index (χ1) is 7.40. The van der Waals surface area contributed by atoms with E-state index in [1.54, 1.807) is 0 Å². The Bertz CT molecular complexity index is 238. The quantitative estimate of drug-likeness (QED) is 0.482. The van der Waals surface area contributed by atoms with Crippen LogP contribution in [0.5, 0.6) is 0 Å². The van der Waals surface area contributed by atoms with E-state index in [0.717, 1.165) is 0 Å². The van der Waals surface area contributed by atoms with Gasteiger partial charge in [-0.15, -0.1) is 0 Å². The Balaban J connectivity index is 3.93. The zero-order valence-electron chi connectivity index (χ0n) is 9.37. The van der Waals surface area contributed by atoms with E-state index in [1.165, 1.54) is 20.8 Å². The summed E-state index contributed by atoms with van der Waals surface area (Å²) in [6.07, 6.45) is -2.29. The standard InChI is InChI=1S/C9H16O7/c1-4-7(11)14-16-15-9(13)5(2)8(12)6(3)10/h5-6,8,10,12H,4H2,1-3H3. The van der Waals surface area contributed by atoms with E-state index >= 15 is 0 Å². The van der Waals surface area contributed by atoms with E-state index in [1.807, 2.05) is 0 Å². The lowest BCUT2D eigenvalue weighted by Gasteiger charge is -2.18. The van der Waals surface area contributed by atoms with Gasteiger partial charge in [0.1, 0.15) is 0 Å². The first-order valence-corrected chi connectivity index (χ1v) is 4.84. The van der Waals surface area contributed by atoms with Crippen LogP contribution < -0.4 is 0 Å². The third-order valence-corrected chi connectivity index (χ3v) is 1.91. The summed E-state index contributed by atoms with van der Waals surface area (Å²) in [4.78, 5) is 29.8. The number of hydrogen-bond acceptors (Lipinski definition) is 7. The SMILES string of the molecule is CCC(=O)OOOC(=O)C(C)C(O)C(C)O. The van der Waals surface area contributed by atoms with Crippen molar-refractivity contribution in [1.82, 2.24) is 0 Å². The molecular weight excluding hydrogens is 220 g/mol. The lowest BCUT2D eigenvalue weighted by molar-refractivity contribution is -0.461. The summed E-state index contributed by atoms with van der Waals surface area (Å²) in [5.41, 5.74) is 0. The molecule has 0 saturated carbocycles. The van der Waals surface area contributed by atoms with Crippen LogP contribution in [0.1, 0.15) is 27.2 Å². The average Bonchev–Trinajstić information content (AvgIpc) is 2.26. The molecule has 0 aliphatic carbocycles. The van der Waals surface area contributed by atoms with Crippen molar-refractivity contribution in [2.45, 2.75) is 39.4 Å². The number of rotatable bonds is 6. The van der Waals surface area contributed by atoms with Crippen LogP contribution >= 0.6 is 0 Å². The summed E-state index contributed by atoms with van der Waals surface area (Å²) in [6.45, 7) is 4.20. The summed E-state index contributed by atoms with van der Waals surface area (Å²) in [5, 5.41) is 22.2. The van der Waals surface area contributed by atoms with Crippen LogP contribution in [0.25, 0.3) is 0 Å². The molecule has 2 N–H and O–H groups in total. The largest absolute Gasteiger partial charge is 0.391 e. The van der Waals surface area contributed by atoms with Gasteiger partial charge in [0, 0.05) is 11.5 Å². The topological polar surface area (TPSA) is 102 Å². The highest BCUT2D eigenvalue weighted by Gasteiger charge is 2.28. The number of carbonyl (C=O) groups is 2. The van der Waals surface area contributed by atoms with Crippen LogP contribution in [0.2, 0.25) is 0 Å². The molecule has 3 unspecified atom stereocenters. The maximum Gasteiger partial charge on any atom is 0.352 e. The lowest BCUT2D eigenvalue weighted by Crippen LogP contribution is -2.35. The first kappa shape index (κ1) is 14.8. The van der Waals surface area contributed by atoms with Crippen molar-refractivity contribution in [2.75, 3.05) is 0 Å². The molecule has 0 aromatic carbocycles. The highest BCUT2D eigenvalue weighted by atomic mass is 17.5. The molecule has 0 saturated heterocycles. The maximum absolute atomic E-state index is 11.1. The molecule has 0 bridgehead atoms. The van der Waals surface area contributed by atoms with Gasteiger partial charge < -0.3 is 10.2 Å². The first-order valence-electron chi connectivity index (χ1n) is 4.84. The van der Waals surface area contributed by atoms with E-state index in [0.29, 0.717) is 0 Å². The van der Waals surface area contributed by atoms with Gasteiger partial charge in [0.25, 0.3) is 0 Å². The molecule has 3 atom stereocenters. The molecule has 0 amide bonds. The Labute approximate surface area is 92.8 Å². The fourth-order valence-electron chi connectivity index (χ4n) is 0.781. The van der Waals surface area contributed by atoms with Gasteiger partial charge in [0.15, 0.2) is 0 Å². The van der Waals surface area contributed by atoms with Crippen LogP contribution in [-0.2, 0) is 24.4 Å². The number of aliphatic hydroxyl groups is 2. The van der Waals surface area contributed by atoms with Crippen LogP contribution in [-0.4, -0.2) is 34.4 Å². The highest BCUT2D eigenvalue weighted by molar-refractivity contribution is 5.72. The van der Waals surface area contributed by atoms with Crippen LogP contribution in [0.15, 0.2) is 0 Å². The van der Waals surface area contributed by atoms with Crippen LogP contribution in [0.4, 0.5) is 0 Å². The highest BCUT2D eigenvalue weighted by Crippen LogP contribution is 2.09. The Kier molecular flexibility index (Phi) is 6.63. The minimum absolute atomic E-state index is 0.0728. The van der Waals surface area contributed by atoms with E-state index < -0.39 is 30.1 Å². The van der Waals surface area contributed by atoms with Crippen molar-refractivity contribution in [3.05, 3.63) is 0 Å². The molecule has 0 rings (SSSR count). The van der Waals surface area contributed by atoms with Crippen molar-refractivity contribution in [3.8, 4) is 0 Å². The van der Waals surface area contributed by atoms with Crippen molar-refractivity contribution >= 4 is 11.9 Å². The van der Waals surface area contributed by atoms with E-state index in [4.69, 9.17) is 5.11 Å². The van der Waals surface area contributed by atoms with Gasteiger partial charge in [0.2, 0.25) is 0 Å². The second-order valence-corrected chi connectivity index (χ2v) is 3.30. The van der Waals surface area contributed by atoms with Crippen molar-refractivity contribution < 1.29 is 34.6 Å². The van der Waals surface area contributed by atoms with Gasteiger partial charge in [-0.05, 0) is 13.8 Å². The van der Waals surface area contributed by atoms with Crippen molar-refractivity contribution in [1.29, 1.82) is 0 Å². The van der Waals surface area contributed by atoms with Gasteiger partial charge in [-0.3, -0.25) is 9.78 Å². The summed E-state index contributed by atoms with van der Waals surface area (Å²) >= 11 is 0. The van der Waals surface area contributed by atoms with Crippen molar-refractivity contribution in [2.24, 2.45) is 5.92 Å². The summed E-state index contributed by atoms with van der Waals surface area (Å²) < 4.78 is 0. The third-order valence-electron chi connectivity index (χ3n) is 1.91. The minimum Gasteiger partial charge on any atom is -0.391 e. The molecule has 0 radical (unpaired) electrons. The molecule has 7 nitrogen and oxygen atoms in total. The molecule has 0 heterocycles. The average molecular weight is 236 g/mol. The van der Waals surface area contributed by atoms with Crippen LogP contribution in [0.3, 0.4) is 0 Å². The van der Waals surface area contributed by atoms with Gasteiger partial charge in [-0.25, -0.2) is 9.59 Å². The normalized spacial score (nSPS) is 16.1. The Morgan fingerprint density at radius 2 is 1.75 bits per heavy atom. The molecule has 16 heavy (non-hydrogen) atoms. The molecule has 7 heteroatoms. The molecule has 94 valence electrons. The van der Waals surface area contributed by atoms with Gasteiger partial charge in [-0.2, -0.15) is 0 Å². The predicted octanol–water partition coefficient (Wildman–Crippen LogP) is -0.293. The molecule has 0 fully saturated rings. The van der Waals surface area contributed by atoms with Crippen LogP contribution in [0, 0.1) is 5.92 Å². The Morgan fingerprint density at radius 3 is 2.19 bits per heavy atom. The molecule has 0 aromatic rings. The van der Waals surface area contributed by atoms with E-state index in [-0.39, 0.29) is 6.42 Å². The number of aliphatic hydroxyl groups excluding tert-OH is 2. The molecule has 0 aliphatic heterocycles. The van der Waals surface area contributed by atoms with Gasteiger partial charge in [0.05, 0.1) is 18.1 Å². The lowest BCUT2D eigenvalue weighted by atomic mass is 10.0. The predicted molar refractivity (Wildman–Crippen MR) is 50.4 cm³/mol. The number of carbonyl (C=O) groups excluding carboxylic acids is 2. The summed E-state index contributed by atoms with van der Waals surface area (Å²) in [7, 11) is 0. The number of hydrogen-bond donors (Lipinski definition) is 2. The minimum atomic E-state index is -1.28. The van der Waals surface area contributed by atoms with Gasteiger partial charge >= 0.3 is 11.9 Å².